The second-order valence-corrected chi connectivity index (χ2v) is 4.03. The van der Waals surface area contributed by atoms with E-state index in [2.05, 4.69) is 0 Å². The third-order valence-electron chi connectivity index (χ3n) is 2.34. The molecule has 0 aliphatic rings. The van der Waals surface area contributed by atoms with Crippen LogP contribution in [0.25, 0.3) is 0 Å². The van der Waals surface area contributed by atoms with Crippen molar-refractivity contribution in [2.75, 3.05) is 0 Å². The Morgan fingerprint density at radius 1 is 1.19 bits per heavy atom. The first-order valence-electron chi connectivity index (χ1n) is 5.68. The molecule has 1 aromatic rings. The maximum absolute atomic E-state index is 13.1. The van der Waals surface area contributed by atoms with Crippen LogP contribution in [0.1, 0.15) is 18.9 Å². The predicted molar refractivity (Wildman–Crippen MR) is 62.0 cm³/mol. The lowest BCUT2D eigenvalue weighted by molar-refractivity contribution is -0.192. The lowest BCUT2D eigenvalue weighted by Gasteiger charge is -2.09. The van der Waals surface area contributed by atoms with Crippen LogP contribution in [0.5, 0.6) is 0 Å². The molecule has 0 amide bonds. The van der Waals surface area contributed by atoms with Gasteiger partial charge in [-0.1, -0.05) is 6.92 Å². The number of rotatable bonds is 3. The molecule has 0 aliphatic heterocycles. The van der Waals surface area contributed by atoms with Crippen molar-refractivity contribution in [2.24, 2.45) is 5.73 Å². The van der Waals surface area contributed by atoms with Gasteiger partial charge >= 0.3 is 12.1 Å². The van der Waals surface area contributed by atoms with E-state index in [4.69, 9.17) is 15.6 Å². The second kappa shape index (κ2) is 7.87. The number of nitrogens with two attached hydrogens (primary N) is 1. The van der Waals surface area contributed by atoms with Crippen molar-refractivity contribution < 1.29 is 36.2 Å². The lowest BCUT2D eigenvalue weighted by atomic mass is 10.0. The Balaban J connectivity index is 0.000000486. The molecular formula is C12H13F6NO2. The van der Waals surface area contributed by atoms with E-state index in [0.29, 0.717) is 12.5 Å². The third-order valence-corrected chi connectivity index (χ3v) is 2.34. The molecule has 1 rings (SSSR count). The lowest BCUT2D eigenvalue weighted by Crippen LogP contribution is -2.22. The van der Waals surface area contributed by atoms with E-state index in [9.17, 15) is 26.3 Å². The summed E-state index contributed by atoms with van der Waals surface area (Å²) in [6.45, 7) is 1.85. The van der Waals surface area contributed by atoms with E-state index in [-0.39, 0.29) is 18.0 Å². The van der Waals surface area contributed by atoms with E-state index < -0.39 is 29.6 Å². The molecule has 0 heterocycles. The molecule has 0 radical (unpaired) electrons. The highest BCUT2D eigenvalue weighted by Gasteiger charge is 2.38. The van der Waals surface area contributed by atoms with Crippen LogP contribution in [0.3, 0.4) is 0 Å². The number of hydrogen-bond acceptors (Lipinski definition) is 2. The molecule has 0 saturated heterocycles. The smallest absolute Gasteiger partial charge is 0.475 e. The summed E-state index contributed by atoms with van der Waals surface area (Å²) in [6.07, 6.45) is -4.20. The van der Waals surface area contributed by atoms with Gasteiger partial charge in [-0.25, -0.2) is 18.0 Å². The van der Waals surface area contributed by atoms with Crippen LogP contribution in [0, 0.1) is 17.5 Å². The Bertz CT molecular complexity index is 489. The van der Waals surface area contributed by atoms with Gasteiger partial charge in [0.05, 0.1) is 0 Å². The molecule has 1 atom stereocenters. The summed E-state index contributed by atoms with van der Waals surface area (Å²) >= 11 is 0. The Hall–Kier alpha value is -1.77. The predicted octanol–water partition coefficient (Wildman–Crippen LogP) is 3.02. The molecule has 21 heavy (non-hydrogen) atoms. The zero-order valence-electron chi connectivity index (χ0n) is 10.8. The molecule has 0 saturated carbocycles. The Morgan fingerprint density at radius 3 is 2.00 bits per heavy atom. The first-order chi connectivity index (χ1) is 9.48. The van der Waals surface area contributed by atoms with Gasteiger partial charge in [0.25, 0.3) is 0 Å². The highest BCUT2D eigenvalue weighted by Crippen LogP contribution is 2.15. The summed E-state index contributed by atoms with van der Waals surface area (Å²) < 4.78 is 70.1. The zero-order valence-corrected chi connectivity index (χ0v) is 10.8. The van der Waals surface area contributed by atoms with Gasteiger partial charge in [0, 0.05) is 12.1 Å². The monoisotopic (exact) mass is 317 g/mol. The highest BCUT2D eigenvalue weighted by molar-refractivity contribution is 5.73. The minimum absolute atomic E-state index is 0.123. The molecular weight excluding hydrogens is 304 g/mol. The van der Waals surface area contributed by atoms with Crippen molar-refractivity contribution in [2.45, 2.75) is 32.0 Å². The fourth-order valence-electron chi connectivity index (χ4n) is 1.15. The van der Waals surface area contributed by atoms with Crippen molar-refractivity contribution in [1.82, 2.24) is 0 Å². The van der Waals surface area contributed by atoms with Crippen LogP contribution in [0.15, 0.2) is 12.1 Å². The van der Waals surface area contributed by atoms with Gasteiger partial charge in [-0.15, -0.1) is 0 Å². The molecule has 0 aliphatic carbocycles. The normalized spacial score (nSPS) is 12.4. The summed E-state index contributed by atoms with van der Waals surface area (Å²) in [5.74, 6) is -5.71. The Morgan fingerprint density at radius 2 is 1.62 bits per heavy atom. The summed E-state index contributed by atoms with van der Waals surface area (Å²) in [6, 6.07) is 1.18. The number of aliphatic carboxylic acids is 1. The second-order valence-electron chi connectivity index (χ2n) is 4.03. The summed E-state index contributed by atoms with van der Waals surface area (Å²) in [5.41, 5.74) is 5.70. The van der Waals surface area contributed by atoms with Crippen LogP contribution >= 0.6 is 0 Å². The van der Waals surface area contributed by atoms with Gasteiger partial charge in [0.15, 0.2) is 11.6 Å². The standard InChI is InChI=1S/C10H12F3N.C2HF3O2/c1-2-7(14)3-6-4-9(12)10(13)5-8(6)11;3-2(4,5)1(6)7/h4-5,7H,2-3,14H2,1H3;(H,6,7). The molecule has 1 aromatic carbocycles. The largest absolute Gasteiger partial charge is 0.490 e. The van der Waals surface area contributed by atoms with Crippen molar-refractivity contribution in [3.63, 3.8) is 0 Å². The van der Waals surface area contributed by atoms with Gasteiger partial charge in [0.1, 0.15) is 5.82 Å². The van der Waals surface area contributed by atoms with Crippen LogP contribution < -0.4 is 5.73 Å². The number of alkyl halides is 3. The van der Waals surface area contributed by atoms with Gasteiger partial charge in [-0.2, -0.15) is 13.2 Å². The van der Waals surface area contributed by atoms with E-state index in [1.54, 1.807) is 0 Å². The average molecular weight is 317 g/mol. The molecule has 9 heteroatoms. The molecule has 0 fully saturated rings. The number of hydrogen-bond donors (Lipinski definition) is 2. The first-order valence-corrected chi connectivity index (χ1v) is 5.68. The number of benzene rings is 1. The number of carbonyl (C=O) groups is 1. The fraction of sp³-hybridized carbons (Fsp3) is 0.417. The van der Waals surface area contributed by atoms with Gasteiger partial charge < -0.3 is 10.8 Å². The molecule has 1 unspecified atom stereocenters. The van der Waals surface area contributed by atoms with Crippen LogP contribution in [-0.4, -0.2) is 23.3 Å². The Kier molecular flexibility index (Phi) is 7.20. The molecule has 0 spiro atoms. The number of carboxylic acid groups (broad SMARTS) is 1. The maximum Gasteiger partial charge on any atom is 0.490 e. The van der Waals surface area contributed by atoms with Gasteiger partial charge in [-0.3, -0.25) is 0 Å². The van der Waals surface area contributed by atoms with E-state index in [0.717, 1.165) is 6.07 Å². The minimum atomic E-state index is -5.08. The average Bonchev–Trinajstić information content (AvgIpc) is 2.35. The molecule has 3 nitrogen and oxygen atoms in total. The molecule has 0 aromatic heterocycles. The first kappa shape index (κ1) is 19.2. The Labute approximate surface area is 116 Å². The number of carboxylic acids is 1. The van der Waals surface area contributed by atoms with Gasteiger partial charge in [-0.05, 0) is 24.5 Å². The third kappa shape index (κ3) is 6.98. The van der Waals surface area contributed by atoms with Crippen molar-refractivity contribution in [3.8, 4) is 0 Å². The number of halogens is 6. The van der Waals surface area contributed by atoms with E-state index >= 15 is 0 Å². The SMILES string of the molecule is CCC(N)Cc1cc(F)c(F)cc1F.O=C(O)C(F)(F)F. The molecule has 3 N–H and O–H groups in total. The summed E-state index contributed by atoms with van der Waals surface area (Å²) in [4.78, 5) is 8.90. The fourth-order valence-corrected chi connectivity index (χ4v) is 1.15. The summed E-state index contributed by atoms with van der Waals surface area (Å²) in [7, 11) is 0. The minimum Gasteiger partial charge on any atom is -0.475 e. The van der Waals surface area contributed by atoms with E-state index in [1.165, 1.54) is 0 Å². The van der Waals surface area contributed by atoms with E-state index in [1.807, 2.05) is 6.92 Å². The van der Waals surface area contributed by atoms with Crippen molar-refractivity contribution in [3.05, 3.63) is 35.1 Å². The van der Waals surface area contributed by atoms with Crippen molar-refractivity contribution >= 4 is 5.97 Å². The summed E-state index contributed by atoms with van der Waals surface area (Å²) in [5, 5.41) is 7.12. The molecule has 0 bridgehead atoms. The molecule has 120 valence electrons. The quantitative estimate of drug-likeness (QED) is 0.665. The topological polar surface area (TPSA) is 63.3 Å². The van der Waals surface area contributed by atoms with Crippen LogP contribution in [-0.2, 0) is 11.2 Å². The van der Waals surface area contributed by atoms with Crippen molar-refractivity contribution in [1.29, 1.82) is 0 Å². The zero-order chi connectivity index (χ0) is 16.8. The maximum atomic E-state index is 13.1. The van der Waals surface area contributed by atoms with Gasteiger partial charge in [0.2, 0.25) is 0 Å². The highest BCUT2D eigenvalue weighted by atomic mass is 19.4. The van der Waals surface area contributed by atoms with Crippen LogP contribution in [0.4, 0.5) is 26.3 Å². The van der Waals surface area contributed by atoms with Crippen LogP contribution in [0.2, 0.25) is 0 Å².